The van der Waals surface area contributed by atoms with Crippen LogP contribution in [0.3, 0.4) is 0 Å². The summed E-state index contributed by atoms with van der Waals surface area (Å²) in [4.78, 5) is 0. The lowest BCUT2D eigenvalue weighted by atomic mass is 9.44. The average molecular weight is 165 g/mol. The summed E-state index contributed by atoms with van der Waals surface area (Å²) >= 11 is 0. The molecule has 0 aromatic heterocycles. The van der Waals surface area contributed by atoms with Gasteiger partial charge in [-0.2, -0.15) is 0 Å². The van der Waals surface area contributed by atoms with Crippen molar-refractivity contribution in [1.29, 1.82) is 0 Å². The van der Waals surface area contributed by atoms with Crippen molar-refractivity contribution in [3.63, 3.8) is 0 Å². The van der Waals surface area contributed by atoms with Crippen LogP contribution < -0.4 is 5.73 Å². The standard InChI is InChI=1S/C11H19N/c1-10(2)7-3-4-11(6-9(11)12)8(10)5-7/h7-9H,3-6,12H2,1-2H3/t7-,8+,9-,11+/m0/s1. The molecule has 0 radical (unpaired) electrons. The van der Waals surface area contributed by atoms with Gasteiger partial charge < -0.3 is 5.73 Å². The third kappa shape index (κ3) is 0.585. The highest BCUT2D eigenvalue weighted by atomic mass is 14.9. The van der Waals surface area contributed by atoms with E-state index in [-0.39, 0.29) is 0 Å². The second-order valence-corrected chi connectivity index (χ2v) is 5.89. The van der Waals surface area contributed by atoms with Gasteiger partial charge in [-0.3, -0.25) is 0 Å². The molecular weight excluding hydrogens is 146 g/mol. The molecule has 1 heteroatoms. The zero-order chi connectivity index (χ0) is 8.56. The molecule has 0 aromatic rings. The summed E-state index contributed by atoms with van der Waals surface area (Å²) in [6, 6.07) is 0.558. The van der Waals surface area contributed by atoms with Gasteiger partial charge in [-0.25, -0.2) is 0 Å². The molecule has 0 amide bonds. The van der Waals surface area contributed by atoms with Crippen LogP contribution in [0.25, 0.3) is 0 Å². The van der Waals surface area contributed by atoms with Crippen molar-refractivity contribution in [2.45, 2.75) is 45.6 Å². The zero-order valence-corrected chi connectivity index (χ0v) is 8.14. The summed E-state index contributed by atoms with van der Waals surface area (Å²) in [7, 11) is 0. The Labute approximate surface area is 74.7 Å². The number of fused-ring (bicyclic) bond motifs is 1. The highest BCUT2D eigenvalue weighted by Gasteiger charge is 2.69. The van der Waals surface area contributed by atoms with Crippen LogP contribution >= 0.6 is 0 Å². The van der Waals surface area contributed by atoms with E-state index in [1.54, 1.807) is 0 Å². The van der Waals surface area contributed by atoms with E-state index >= 15 is 0 Å². The number of rotatable bonds is 0. The molecule has 4 aliphatic rings. The van der Waals surface area contributed by atoms with Gasteiger partial charge in [0, 0.05) is 6.04 Å². The maximum Gasteiger partial charge on any atom is 0.0105 e. The molecule has 2 bridgehead atoms. The lowest BCUT2D eigenvalue weighted by Crippen LogP contribution is -2.54. The highest BCUT2D eigenvalue weighted by Crippen LogP contribution is 2.73. The minimum atomic E-state index is 0.558. The molecule has 68 valence electrons. The van der Waals surface area contributed by atoms with Gasteiger partial charge in [0.25, 0.3) is 0 Å². The number of hydrogen-bond acceptors (Lipinski definition) is 1. The monoisotopic (exact) mass is 165 g/mol. The van der Waals surface area contributed by atoms with Crippen molar-refractivity contribution in [2.75, 3.05) is 0 Å². The van der Waals surface area contributed by atoms with Crippen LogP contribution in [0.5, 0.6) is 0 Å². The molecular formula is C11H19N. The van der Waals surface area contributed by atoms with E-state index in [2.05, 4.69) is 13.8 Å². The molecule has 4 saturated carbocycles. The maximum absolute atomic E-state index is 6.07. The quantitative estimate of drug-likeness (QED) is 0.585. The first-order chi connectivity index (χ1) is 5.57. The van der Waals surface area contributed by atoms with E-state index in [0.717, 1.165) is 11.8 Å². The molecule has 1 nitrogen and oxygen atoms in total. The molecule has 12 heavy (non-hydrogen) atoms. The van der Waals surface area contributed by atoms with Crippen molar-refractivity contribution >= 4 is 0 Å². The molecule has 2 N–H and O–H groups in total. The van der Waals surface area contributed by atoms with Crippen LogP contribution in [-0.2, 0) is 0 Å². The van der Waals surface area contributed by atoms with E-state index in [1.807, 2.05) is 0 Å². The van der Waals surface area contributed by atoms with Crippen molar-refractivity contribution in [1.82, 2.24) is 0 Å². The Bertz CT molecular complexity index is 231. The van der Waals surface area contributed by atoms with Gasteiger partial charge in [-0.05, 0) is 48.3 Å². The van der Waals surface area contributed by atoms with Gasteiger partial charge in [0.2, 0.25) is 0 Å². The predicted molar refractivity (Wildman–Crippen MR) is 49.6 cm³/mol. The molecule has 4 atom stereocenters. The Balaban J connectivity index is 1.92. The van der Waals surface area contributed by atoms with Crippen LogP contribution in [0, 0.1) is 22.7 Å². The van der Waals surface area contributed by atoms with Crippen molar-refractivity contribution in [3.8, 4) is 0 Å². The van der Waals surface area contributed by atoms with Gasteiger partial charge in [-0.1, -0.05) is 13.8 Å². The Hall–Kier alpha value is -0.0400. The van der Waals surface area contributed by atoms with E-state index in [0.29, 0.717) is 16.9 Å². The van der Waals surface area contributed by atoms with E-state index in [9.17, 15) is 0 Å². The lowest BCUT2D eigenvalue weighted by molar-refractivity contribution is -0.118. The second kappa shape index (κ2) is 1.75. The topological polar surface area (TPSA) is 26.0 Å². The van der Waals surface area contributed by atoms with Gasteiger partial charge in [0.1, 0.15) is 0 Å². The molecule has 0 unspecified atom stereocenters. The SMILES string of the molecule is CC1(C)[C@H]2CC[C@@]3(C[C@@H]3N)[C@@H]1C2. The summed E-state index contributed by atoms with van der Waals surface area (Å²) in [6.07, 6.45) is 5.71. The molecule has 4 rings (SSSR count). The smallest absolute Gasteiger partial charge is 0.0105 e. The van der Waals surface area contributed by atoms with Crippen LogP contribution in [0.2, 0.25) is 0 Å². The van der Waals surface area contributed by atoms with Crippen molar-refractivity contribution in [3.05, 3.63) is 0 Å². The largest absolute Gasteiger partial charge is 0.327 e. The Kier molecular flexibility index (Phi) is 1.07. The number of hydrogen-bond donors (Lipinski definition) is 1. The van der Waals surface area contributed by atoms with E-state index in [4.69, 9.17) is 5.73 Å². The van der Waals surface area contributed by atoms with Crippen LogP contribution in [-0.4, -0.2) is 6.04 Å². The minimum absolute atomic E-state index is 0.558. The maximum atomic E-state index is 6.07. The Morgan fingerprint density at radius 1 is 1.33 bits per heavy atom. The zero-order valence-electron chi connectivity index (χ0n) is 8.14. The molecule has 0 aromatic carbocycles. The van der Waals surface area contributed by atoms with Gasteiger partial charge >= 0.3 is 0 Å². The third-order valence-electron chi connectivity index (χ3n) is 5.30. The fraction of sp³-hybridized carbons (Fsp3) is 1.00. The first kappa shape index (κ1) is 7.37. The summed E-state index contributed by atoms with van der Waals surface area (Å²) in [6.45, 7) is 4.91. The lowest BCUT2D eigenvalue weighted by Gasteiger charge is -2.61. The Morgan fingerprint density at radius 3 is 2.33 bits per heavy atom. The molecule has 0 saturated heterocycles. The third-order valence-corrected chi connectivity index (χ3v) is 5.30. The second-order valence-electron chi connectivity index (χ2n) is 5.89. The molecule has 1 spiro atoms. The first-order valence-electron chi connectivity index (χ1n) is 5.33. The van der Waals surface area contributed by atoms with Crippen molar-refractivity contribution in [2.24, 2.45) is 28.4 Å². The fourth-order valence-corrected chi connectivity index (χ4v) is 4.14. The average Bonchev–Trinajstić information content (AvgIpc) is 2.60. The molecule has 4 aliphatic carbocycles. The first-order valence-corrected chi connectivity index (χ1v) is 5.33. The minimum Gasteiger partial charge on any atom is -0.327 e. The highest BCUT2D eigenvalue weighted by molar-refractivity contribution is 5.20. The number of nitrogens with two attached hydrogens (primary N) is 1. The normalized spacial score (nSPS) is 59.8. The molecule has 4 fully saturated rings. The summed E-state index contributed by atoms with van der Waals surface area (Å²) in [5, 5.41) is 0. The van der Waals surface area contributed by atoms with E-state index < -0.39 is 0 Å². The van der Waals surface area contributed by atoms with Gasteiger partial charge in [0.05, 0.1) is 0 Å². The predicted octanol–water partition coefficient (Wildman–Crippen LogP) is 2.16. The van der Waals surface area contributed by atoms with E-state index in [1.165, 1.54) is 25.7 Å². The summed E-state index contributed by atoms with van der Waals surface area (Å²) < 4.78 is 0. The molecule has 0 aliphatic heterocycles. The van der Waals surface area contributed by atoms with Gasteiger partial charge in [-0.15, -0.1) is 0 Å². The van der Waals surface area contributed by atoms with Crippen LogP contribution in [0.15, 0.2) is 0 Å². The Morgan fingerprint density at radius 2 is 2.00 bits per heavy atom. The van der Waals surface area contributed by atoms with Crippen molar-refractivity contribution < 1.29 is 0 Å². The summed E-state index contributed by atoms with van der Waals surface area (Å²) in [5.74, 6) is 2.00. The summed E-state index contributed by atoms with van der Waals surface area (Å²) in [5.41, 5.74) is 7.32. The van der Waals surface area contributed by atoms with Crippen LogP contribution in [0.4, 0.5) is 0 Å². The van der Waals surface area contributed by atoms with Gasteiger partial charge in [0.15, 0.2) is 0 Å². The fourth-order valence-electron chi connectivity index (χ4n) is 4.14. The van der Waals surface area contributed by atoms with Crippen LogP contribution in [0.1, 0.15) is 39.5 Å². The molecule has 0 heterocycles.